The molecule has 0 radical (unpaired) electrons. The van der Waals surface area contributed by atoms with Crippen molar-refractivity contribution < 1.29 is 0 Å². The highest BCUT2D eigenvalue weighted by atomic mass is 15.2. The zero-order chi connectivity index (χ0) is 8.67. The van der Waals surface area contributed by atoms with Crippen molar-refractivity contribution in [2.24, 2.45) is 0 Å². The molecule has 1 aliphatic rings. The molecule has 0 bridgehead atoms. The first-order chi connectivity index (χ1) is 6.43. The number of nitrogens with one attached hydrogen (secondary N) is 1. The van der Waals surface area contributed by atoms with Crippen LogP contribution < -0.4 is 5.32 Å². The van der Waals surface area contributed by atoms with Crippen molar-refractivity contribution in [1.82, 2.24) is 19.9 Å². The monoisotopic (exact) mass is 174 g/mol. The van der Waals surface area contributed by atoms with Gasteiger partial charge in [-0.1, -0.05) is 0 Å². The van der Waals surface area contributed by atoms with Crippen molar-refractivity contribution in [3.63, 3.8) is 0 Å². The summed E-state index contributed by atoms with van der Waals surface area (Å²) >= 11 is 0. The number of fused-ring (bicyclic) bond motifs is 1. The van der Waals surface area contributed by atoms with Gasteiger partial charge in [-0.25, -0.2) is 9.50 Å². The Balaban J connectivity index is 2.09. The van der Waals surface area contributed by atoms with Crippen LogP contribution in [0.5, 0.6) is 0 Å². The number of hydrogen-bond acceptors (Lipinski definition) is 3. The molecule has 0 amide bonds. The Labute approximate surface area is 75.6 Å². The van der Waals surface area contributed by atoms with Gasteiger partial charge < -0.3 is 5.32 Å². The smallest absolute Gasteiger partial charge is 0.154 e. The van der Waals surface area contributed by atoms with Gasteiger partial charge in [-0.3, -0.25) is 0 Å². The molecule has 0 aliphatic carbocycles. The summed E-state index contributed by atoms with van der Waals surface area (Å²) in [5.74, 6) is 0. The number of aromatic nitrogens is 3. The summed E-state index contributed by atoms with van der Waals surface area (Å²) < 4.78 is 1.81. The lowest BCUT2D eigenvalue weighted by Gasteiger charge is -2.27. The summed E-state index contributed by atoms with van der Waals surface area (Å²) in [6.07, 6.45) is 6.93. The maximum Gasteiger partial charge on any atom is 0.154 e. The minimum Gasteiger partial charge on any atom is -0.310 e. The Hall–Kier alpha value is -1.42. The Bertz CT molecular complexity index is 430. The molecule has 2 aromatic heterocycles. The molecule has 0 spiro atoms. The van der Waals surface area contributed by atoms with Crippen LogP contribution in [0.4, 0.5) is 0 Å². The van der Waals surface area contributed by atoms with Crippen LogP contribution >= 0.6 is 0 Å². The van der Waals surface area contributed by atoms with Gasteiger partial charge in [0.25, 0.3) is 0 Å². The summed E-state index contributed by atoms with van der Waals surface area (Å²) in [5, 5.41) is 7.48. The Kier molecular flexibility index (Phi) is 1.37. The molecule has 2 aromatic rings. The zero-order valence-corrected chi connectivity index (χ0v) is 7.14. The molecule has 4 nitrogen and oxygen atoms in total. The predicted molar refractivity (Wildman–Crippen MR) is 48.3 cm³/mol. The van der Waals surface area contributed by atoms with Gasteiger partial charge in [0.05, 0.1) is 6.20 Å². The fourth-order valence-electron chi connectivity index (χ4n) is 1.58. The van der Waals surface area contributed by atoms with Gasteiger partial charge in [0.2, 0.25) is 0 Å². The molecule has 4 heteroatoms. The number of rotatable bonds is 1. The minimum absolute atomic E-state index is 0.487. The number of hydrogen-bond donors (Lipinski definition) is 1. The second-order valence-corrected chi connectivity index (χ2v) is 3.32. The standard InChI is InChI=1S/C9H10N4/c1-3-10-8(1)7-5-11-9-2-4-12-13(9)6-7/h2,4-6,8,10H,1,3H2. The molecule has 3 heterocycles. The summed E-state index contributed by atoms with van der Waals surface area (Å²) in [5.41, 5.74) is 2.13. The average molecular weight is 174 g/mol. The third kappa shape index (κ3) is 1.02. The van der Waals surface area contributed by atoms with Crippen LogP contribution in [0.1, 0.15) is 18.0 Å². The van der Waals surface area contributed by atoms with Crippen LogP contribution in [-0.2, 0) is 0 Å². The molecule has 0 aromatic carbocycles. The lowest BCUT2D eigenvalue weighted by molar-refractivity contribution is 0.381. The van der Waals surface area contributed by atoms with E-state index >= 15 is 0 Å². The van der Waals surface area contributed by atoms with Crippen LogP contribution in [0, 0.1) is 0 Å². The molecular weight excluding hydrogens is 164 g/mol. The SMILES string of the molecule is c1cc2ncc(C3CCN3)cn2n1. The highest BCUT2D eigenvalue weighted by Crippen LogP contribution is 2.21. The summed E-state index contributed by atoms with van der Waals surface area (Å²) in [6, 6.07) is 2.39. The van der Waals surface area contributed by atoms with E-state index in [1.807, 2.05) is 23.0 Å². The summed E-state index contributed by atoms with van der Waals surface area (Å²) in [4.78, 5) is 4.30. The van der Waals surface area contributed by atoms with E-state index in [1.165, 1.54) is 12.0 Å². The van der Waals surface area contributed by atoms with Gasteiger partial charge in [0.1, 0.15) is 0 Å². The molecule has 1 fully saturated rings. The predicted octanol–water partition coefficient (Wildman–Crippen LogP) is 0.764. The third-order valence-corrected chi connectivity index (χ3v) is 2.49. The molecular formula is C9H10N4. The van der Waals surface area contributed by atoms with Crippen molar-refractivity contribution >= 4 is 5.65 Å². The van der Waals surface area contributed by atoms with Crippen molar-refractivity contribution in [2.45, 2.75) is 12.5 Å². The molecule has 1 unspecified atom stereocenters. The van der Waals surface area contributed by atoms with Gasteiger partial charge in [-0.05, 0) is 13.0 Å². The Morgan fingerprint density at radius 1 is 1.54 bits per heavy atom. The summed E-state index contributed by atoms with van der Waals surface area (Å²) in [6.45, 7) is 1.11. The van der Waals surface area contributed by atoms with Crippen LogP contribution in [0.15, 0.2) is 24.7 Å². The molecule has 1 atom stereocenters. The van der Waals surface area contributed by atoms with Gasteiger partial charge >= 0.3 is 0 Å². The van der Waals surface area contributed by atoms with E-state index in [4.69, 9.17) is 0 Å². The van der Waals surface area contributed by atoms with Gasteiger partial charge in [-0.15, -0.1) is 0 Å². The summed E-state index contributed by atoms with van der Waals surface area (Å²) in [7, 11) is 0. The molecule has 1 N–H and O–H groups in total. The minimum atomic E-state index is 0.487. The van der Waals surface area contributed by atoms with E-state index in [0.29, 0.717) is 6.04 Å². The molecule has 3 rings (SSSR count). The zero-order valence-electron chi connectivity index (χ0n) is 7.14. The highest BCUT2D eigenvalue weighted by molar-refractivity contribution is 5.36. The van der Waals surface area contributed by atoms with Gasteiger partial charge in [-0.2, -0.15) is 5.10 Å². The lowest BCUT2D eigenvalue weighted by Crippen LogP contribution is -2.35. The third-order valence-electron chi connectivity index (χ3n) is 2.49. The highest BCUT2D eigenvalue weighted by Gasteiger charge is 2.18. The van der Waals surface area contributed by atoms with Crippen molar-refractivity contribution in [2.75, 3.05) is 6.54 Å². The maximum atomic E-state index is 4.30. The Morgan fingerprint density at radius 2 is 2.46 bits per heavy atom. The van der Waals surface area contributed by atoms with Crippen LogP contribution in [0.3, 0.4) is 0 Å². The first kappa shape index (κ1) is 7.03. The van der Waals surface area contributed by atoms with Crippen molar-refractivity contribution in [3.8, 4) is 0 Å². The molecule has 66 valence electrons. The van der Waals surface area contributed by atoms with Crippen molar-refractivity contribution in [3.05, 3.63) is 30.2 Å². The molecule has 13 heavy (non-hydrogen) atoms. The quantitative estimate of drug-likeness (QED) is 0.694. The second-order valence-electron chi connectivity index (χ2n) is 3.32. The average Bonchev–Trinajstić information content (AvgIpc) is 2.47. The molecule has 1 aliphatic heterocycles. The van der Waals surface area contributed by atoms with E-state index in [1.54, 1.807) is 6.20 Å². The molecule has 0 saturated carbocycles. The van der Waals surface area contributed by atoms with E-state index in [0.717, 1.165) is 12.2 Å². The normalized spacial score (nSPS) is 21.7. The van der Waals surface area contributed by atoms with E-state index < -0.39 is 0 Å². The van der Waals surface area contributed by atoms with Crippen LogP contribution in [0.25, 0.3) is 5.65 Å². The lowest BCUT2D eigenvalue weighted by atomic mass is 10.0. The second kappa shape index (κ2) is 2.53. The fourth-order valence-corrected chi connectivity index (χ4v) is 1.58. The Morgan fingerprint density at radius 3 is 3.23 bits per heavy atom. The van der Waals surface area contributed by atoms with Crippen molar-refractivity contribution in [1.29, 1.82) is 0 Å². The van der Waals surface area contributed by atoms with E-state index in [9.17, 15) is 0 Å². The largest absolute Gasteiger partial charge is 0.310 e. The maximum absolute atomic E-state index is 4.30. The van der Waals surface area contributed by atoms with Gasteiger partial charge in [0, 0.05) is 30.1 Å². The van der Waals surface area contributed by atoms with E-state index in [-0.39, 0.29) is 0 Å². The number of nitrogens with zero attached hydrogens (tertiary/aromatic N) is 3. The first-order valence-electron chi connectivity index (χ1n) is 4.46. The first-order valence-corrected chi connectivity index (χ1v) is 4.46. The van der Waals surface area contributed by atoms with Gasteiger partial charge in [0.15, 0.2) is 5.65 Å². The van der Waals surface area contributed by atoms with E-state index in [2.05, 4.69) is 15.4 Å². The molecule has 1 saturated heterocycles. The fraction of sp³-hybridized carbons (Fsp3) is 0.333. The topological polar surface area (TPSA) is 42.2 Å². The van der Waals surface area contributed by atoms with Crippen LogP contribution in [0.2, 0.25) is 0 Å². The van der Waals surface area contributed by atoms with Crippen LogP contribution in [-0.4, -0.2) is 21.1 Å².